The second-order valence-electron chi connectivity index (χ2n) is 5.10. The molecule has 0 unspecified atom stereocenters. The van der Waals surface area contributed by atoms with Crippen LogP contribution in [0.15, 0.2) is 34.9 Å². The molecule has 0 bridgehead atoms. The van der Waals surface area contributed by atoms with E-state index in [1.165, 1.54) is 24.0 Å². The van der Waals surface area contributed by atoms with Gasteiger partial charge in [-0.15, -0.1) is 0 Å². The van der Waals surface area contributed by atoms with Gasteiger partial charge in [-0.3, -0.25) is 0 Å². The van der Waals surface area contributed by atoms with Crippen LogP contribution in [-0.2, 0) is 0 Å². The van der Waals surface area contributed by atoms with Crippen molar-refractivity contribution < 1.29 is 5.11 Å². The lowest BCUT2D eigenvalue weighted by molar-refractivity contribution is 0.341. The van der Waals surface area contributed by atoms with Crippen molar-refractivity contribution in [1.82, 2.24) is 0 Å². The normalized spacial score (nSPS) is 14.1. The zero-order chi connectivity index (χ0) is 14.5. The Morgan fingerprint density at radius 1 is 0.789 bits per heavy atom. The summed E-state index contributed by atoms with van der Waals surface area (Å²) in [5.41, 5.74) is 4.44. The molecule has 0 aromatic rings. The Labute approximate surface area is 120 Å². The minimum absolute atomic E-state index is 0.175. The Kier molecular flexibility index (Phi) is 11.7. The Bertz CT molecular complexity index is 308. The summed E-state index contributed by atoms with van der Waals surface area (Å²) in [6.45, 7) is 9.00. The Morgan fingerprint density at radius 3 is 1.79 bits per heavy atom. The largest absolute Gasteiger partial charge is 0.392 e. The zero-order valence-electron chi connectivity index (χ0n) is 13.3. The van der Waals surface area contributed by atoms with E-state index in [1.807, 2.05) is 6.08 Å². The van der Waals surface area contributed by atoms with E-state index in [0.29, 0.717) is 0 Å². The summed E-state index contributed by atoms with van der Waals surface area (Å²) in [7, 11) is 0. The fourth-order valence-corrected chi connectivity index (χ4v) is 2.09. The van der Waals surface area contributed by atoms with Crippen LogP contribution < -0.4 is 0 Å². The van der Waals surface area contributed by atoms with E-state index in [2.05, 4.69) is 39.8 Å². The zero-order valence-corrected chi connectivity index (χ0v) is 13.3. The van der Waals surface area contributed by atoms with Crippen LogP contribution in [0, 0.1) is 0 Å². The van der Waals surface area contributed by atoms with Crippen molar-refractivity contribution in [3.8, 4) is 0 Å². The molecule has 0 amide bonds. The van der Waals surface area contributed by atoms with E-state index in [1.54, 1.807) is 5.57 Å². The molecule has 0 fully saturated rings. The van der Waals surface area contributed by atoms with Gasteiger partial charge in [0, 0.05) is 0 Å². The third kappa shape index (κ3) is 9.72. The first kappa shape index (κ1) is 18.2. The highest BCUT2D eigenvalue weighted by atomic mass is 16.2. The molecule has 0 spiro atoms. The van der Waals surface area contributed by atoms with Crippen LogP contribution in [0.5, 0.6) is 0 Å². The highest BCUT2D eigenvalue weighted by Crippen LogP contribution is 2.16. The number of hydrogen-bond donors (Lipinski definition) is 1. The quantitative estimate of drug-likeness (QED) is 0.511. The van der Waals surface area contributed by atoms with E-state index < -0.39 is 0 Å². The van der Waals surface area contributed by atoms with Gasteiger partial charge in [0.15, 0.2) is 0 Å². The van der Waals surface area contributed by atoms with Crippen molar-refractivity contribution in [2.75, 3.05) is 6.61 Å². The average molecular weight is 264 g/mol. The van der Waals surface area contributed by atoms with Gasteiger partial charge in [0.05, 0.1) is 6.61 Å². The monoisotopic (exact) mass is 264 g/mol. The molecule has 0 atom stereocenters. The van der Waals surface area contributed by atoms with Crippen molar-refractivity contribution in [1.29, 1.82) is 0 Å². The summed E-state index contributed by atoms with van der Waals surface area (Å²) < 4.78 is 0. The number of rotatable bonds is 10. The topological polar surface area (TPSA) is 20.2 Å². The maximum absolute atomic E-state index is 8.92. The standard InChI is InChI=1S/C18H32O/c1-5-16(4)10-8-11-17(6-2)12-9-13-18(7-3)14-15-19/h10,12,14,19H,5-9,11,13,15H2,1-4H3. The van der Waals surface area contributed by atoms with Crippen molar-refractivity contribution >= 4 is 0 Å². The van der Waals surface area contributed by atoms with E-state index in [4.69, 9.17) is 5.11 Å². The van der Waals surface area contributed by atoms with E-state index in [9.17, 15) is 0 Å². The summed E-state index contributed by atoms with van der Waals surface area (Å²) >= 11 is 0. The second kappa shape index (κ2) is 12.2. The minimum Gasteiger partial charge on any atom is -0.392 e. The van der Waals surface area contributed by atoms with Gasteiger partial charge < -0.3 is 5.11 Å². The molecule has 0 aliphatic rings. The van der Waals surface area contributed by atoms with Crippen LogP contribution in [0.2, 0.25) is 0 Å². The lowest BCUT2D eigenvalue weighted by atomic mass is 10.0. The van der Waals surface area contributed by atoms with Crippen LogP contribution in [0.25, 0.3) is 0 Å². The Balaban J connectivity index is 4.15. The molecule has 0 aliphatic heterocycles. The highest BCUT2D eigenvalue weighted by molar-refractivity contribution is 5.08. The van der Waals surface area contributed by atoms with Crippen LogP contribution in [0.3, 0.4) is 0 Å². The van der Waals surface area contributed by atoms with Gasteiger partial charge in [-0.1, -0.05) is 55.7 Å². The predicted molar refractivity (Wildman–Crippen MR) is 86.3 cm³/mol. The van der Waals surface area contributed by atoms with E-state index in [0.717, 1.165) is 32.1 Å². The van der Waals surface area contributed by atoms with E-state index >= 15 is 0 Å². The van der Waals surface area contributed by atoms with Crippen LogP contribution in [-0.4, -0.2) is 11.7 Å². The molecule has 1 N–H and O–H groups in total. The first-order chi connectivity index (χ1) is 9.17. The summed E-state index contributed by atoms with van der Waals surface area (Å²) in [5.74, 6) is 0. The van der Waals surface area contributed by atoms with Gasteiger partial charge in [0.1, 0.15) is 0 Å². The fraction of sp³-hybridized carbons (Fsp3) is 0.667. The maximum atomic E-state index is 8.92. The fourth-order valence-electron chi connectivity index (χ4n) is 2.09. The number of hydrogen-bond acceptors (Lipinski definition) is 1. The van der Waals surface area contributed by atoms with Crippen LogP contribution in [0.4, 0.5) is 0 Å². The number of aliphatic hydroxyl groups excluding tert-OH is 1. The summed E-state index contributed by atoms with van der Waals surface area (Å²) in [5, 5.41) is 8.92. The van der Waals surface area contributed by atoms with Gasteiger partial charge in [0.2, 0.25) is 0 Å². The molecule has 110 valence electrons. The summed E-state index contributed by atoms with van der Waals surface area (Å²) in [6, 6.07) is 0. The predicted octanol–water partition coefficient (Wildman–Crippen LogP) is 5.57. The first-order valence-electron chi connectivity index (χ1n) is 7.80. The van der Waals surface area contributed by atoms with Gasteiger partial charge in [-0.2, -0.15) is 0 Å². The summed E-state index contributed by atoms with van der Waals surface area (Å²) in [4.78, 5) is 0. The van der Waals surface area contributed by atoms with Gasteiger partial charge in [-0.05, 0) is 51.9 Å². The van der Waals surface area contributed by atoms with Crippen LogP contribution >= 0.6 is 0 Å². The SMILES string of the molecule is CCC(C)=CCCC(=CCCC(=CCO)CC)CC. The third-order valence-electron chi connectivity index (χ3n) is 3.70. The van der Waals surface area contributed by atoms with E-state index in [-0.39, 0.29) is 6.61 Å². The lowest BCUT2D eigenvalue weighted by Crippen LogP contribution is -1.87. The van der Waals surface area contributed by atoms with Crippen molar-refractivity contribution in [3.05, 3.63) is 34.9 Å². The Hall–Kier alpha value is -0.820. The maximum Gasteiger partial charge on any atom is 0.0615 e. The van der Waals surface area contributed by atoms with Crippen molar-refractivity contribution in [2.24, 2.45) is 0 Å². The summed E-state index contributed by atoms with van der Waals surface area (Å²) in [6.07, 6.45) is 14.7. The molecule has 0 heterocycles. The lowest BCUT2D eigenvalue weighted by Gasteiger charge is -2.05. The number of aliphatic hydroxyl groups is 1. The van der Waals surface area contributed by atoms with Crippen molar-refractivity contribution in [3.63, 3.8) is 0 Å². The van der Waals surface area contributed by atoms with Crippen molar-refractivity contribution in [2.45, 2.75) is 72.6 Å². The molecular weight excluding hydrogens is 232 g/mol. The highest BCUT2D eigenvalue weighted by Gasteiger charge is 1.96. The first-order valence-corrected chi connectivity index (χ1v) is 7.80. The molecule has 0 saturated carbocycles. The van der Waals surface area contributed by atoms with Gasteiger partial charge >= 0.3 is 0 Å². The van der Waals surface area contributed by atoms with Crippen LogP contribution in [0.1, 0.15) is 72.6 Å². The average Bonchev–Trinajstić information content (AvgIpc) is 2.44. The molecule has 0 saturated heterocycles. The molecule has 0 aliphatic carbocycles. The molecule has 1 heteroatoms. The molecule has 0 radical (unpaired) electrons. The molecule has 0 aromatic heterocycles. The smallest absolute Gasteiger partial charge is 0.0615 e. The Morgan fingerprint density at radius 2 is 1.32 bits per heavy atom. The molecular formula is C18H32O. The van der Waals surface area contributed by atoms with Gasteiger partial charge in [0.25, 0.3) is 0 Å². The van der Waals surface area contributed by atoms with Gasteiger partial charge in [-0.25, -0.2) is 0 Å². The number of allylic oxidation sites excluding steroid dienone is 5. The minimum atomic E-state index is 0.175. The second-order valence-corrected chi connectivity index (χ2v) is 5.10. The molecule has 0 aromatic carbocycles. The molecule has 1 nitrogen and oxygen atoms in total. The molecule has 19 heavy (non-hydrogen) atoms. The molecule has 0 rings (SSSR count). The third-order valence-corrected chi connectivity index (χ3v) is 3.70.